The Kier molecular flexibility index (Phi) is 6.34. The first kappa shape index (κ1) is 18.1. The zero-order valence-electron chi connectivity index (χ0n) is 15.8. The molecule has 2 unspecified atom stereocenters. The Bertz CT molecular complexity index is 486. The highest BCUT2D eigenvalue weighted by Gasteiger charge is 2.33. The molecule has 130 valence electrons. The molecule has 1 fully saturated rings. The zero-order chi connectivity index (χ0) is 17.0. The summed E-state index contributed by atoms with van der Waals surface area (Å²) >= 11 is 0. The molecule has 3 heteroatoms. The highest BCUT2D eigenvalue weighted by molar-refractivity contribution is 5.30. The fraction of sp³-hybridized carbons (Fsp3) is 0.700. The van der Waals surface area contributed by atoms with Crippen LogP contribution in [0, 0.1) is 11.8 Å². The van der Waals surface area contributed by atoms with Gasteiger partial charge in [0.25, 0.3) is 0 Å². The Morgan fingerprint density at radius 1 is 1.26 bits per heavy atom. The molecule has 0 spiro atoms. The lowest BCUT2D eigenvalue weighted by Gasteiger charge is -2.33. The van der Waals surface area contributed by atoms with Crippen LogP contribution in [0.25, 0.3) is 0 Å². The van der Waals surface area contributed by atoms with Crippen LogP contribution in [0.3, 0.4) is 0 Å². The third-order valence-electron chi connectivity index (χ3n) is 4.90. The largest absolute Gasteiger partial charge is 0.383 e. The highest BCUT2D eigenvalue weighted by Crippen LogP contribution is 2.39. The van der Waals surface area contributed by atoms with Gasteiger partial charge in [-0.25, -0.2) is 5.06 Å². The predicted molar refractivity (Wildman–Crippen MR) is 97.7 cm³/mol. The van der Waals surface area contributed by atoms with Gasteiger partial charge in [0.1, 0.15) is 0 Å². The summed E-state index contributed by atoms with van der Waals surface area (Å²) in [4.78, 5) is 8.54. The van der Waals surface area contributed by atoms with Gasteiger partial charge in [-0.2, -0.15) is 0 Å². The summed E-state index contributed by atoms with van der Waals surface area (Å²) in [6.07, 6.45) is 12.1. The lowest BCUT2D eigenvalue weighted by atomic mass is 10.0. The number of hydroxylamine groups is 2. The van der Waals surface area contributed by atoms with Gasteiger partial charge < -0.3 is 4.90 Å². The summed E-state index contributed by atoms with van der Waals surface area (Å²) in [7, 11) is 4.13. The molecular weight excluding hydrogens is 284 g/mol. The standard InChI is InChI=1S/C20H34N2O/c1-15(13-21(5)6)14-22(20-10-8-7-9-16(20)2)23-18(4)17(3)19-11-12-19/h9-10,13,17-19H,7-8,11-12,14H2,1-6H3/b15-13+. The molecule has 3 nitrogen and oxygen atoms in total. The molecule has 0 aromatic rings. The van der Waals surface area contributed by atoms with Crippen molar-refractivity contribution in [2.75, 3.05) is 20.6 Å². The third-order valence-corrected chi connectivity index (χ3v) is 4.90. The number of hydrogen-bond acceptors (Lipinski definition) is 3. The molecular formula is C20H34N2O. The Balaban J connectivity index is 2.10. The summed E-state index contributed by atoms with van der Waals surface area (Å²) < 4.78 is 0. The molecule has 2 atom stereocenters. The summed E-state index contributed by atoms with van der Waals surface area (Å²) in [5.74, 6) is 1.49. The van der Waals surface area contributed by atoms with Gasteiger partial charge in [0.05, 0.1) is 18.3 Å². The van der Waals surface area contributed by atoms with Crippen LogP contribution in [0.4, 0.5) is 0 Å². The van der Waals surface area contributed by atoms with E-state index >= 15 is 0 Å². The van der Waals surface area contributed by atoms with Gasteiger partial charge in [-0.05, 0) is 75.6 Å². The van der Waals surface area contributed by atoms with Crippen molar-refractivity contribution in [2.24, 2.45) is 11.8 Å². The van der Waals surface area contributed by atoms with E-state index in [1.165, 1.54) is 29.7 Å². The maximum absolute atomic E-state index is 6.44. The minimum absolute atomic E-state index is 0.255. The molecule has 23 heavy (non-hydrogen) atoms. The van der Waals surface area contributed by atoms with E-state index in [1.807, 2.05) is 0 Å². The first-order chi connectivity index (χ1) is 10.9. The topological polar surface area (TPSA) is 15.7 Å². The molecule has 2 aliphatic carbocycles. The first-order valence-corrected chi connectivity index (χ1v) is 9.03. The van der Waals surface area contributed by atoms with Crippen LogP contribution < -0.4 is 0 Å². The van der Waals surface area contributed by atoms with Crippen LogP contribution >= 0.6 is 0 Å². The van der Waals surface area contributed by atoms with Crippen molar-refractivity contribution in [3.8, 4) is 0 Å². The van der Waals surface area contributed by atoms with Crippen LogP contribution in [0.5, 0.6) is 0 Å². The average Bonchev–Trinajstić information content (AvgIpc) is 3.30. The number of nitrogens with zero attached hydrogens (tertiary/aromatic N) is 2. The monoisotopic (exact) mass is 318 g/mol. The molecule has 0 saturated heterocycles. The second-order valence-corrected chi connectivity index (χ2v) is 7.54. The maximum atomic E-state index is 6.44. The fourth-order valence-corrected chi connectivity index (χ4v) is 3.27. The van der Waals surface area contributed by atoms with Crippen molar-refractivity contribution in [1.82, 2.24) is 9.96 Å². The summed E-state index contributed by atoms with van der Waals surface area (Å²) in [5.41, 5.74) is 3.89. The molecule has 0 aromatic heterocycles. The van der Waals surface area contributed by atoms with Gasteiger partial charge in [-0.3, -0.25) is 4.84 Å². The molecule has 0 aromatic carbocycles. The van der Waals surface area contributed by atoms with Gasteiger partial charge in [-0.15, -0.1) is 0 Å². The van der Waals surface area contributed by atoms with Crippen LogP contribution in [-0.4, -0.2) is 36.7 Å². The van der Waals surface area contributed by atoms with Crippen molar-refractivity contribution in [3.05, 3.63) is 35.2 Å². The van der Waals surface area contributed by atoms with Crippen molar-refractivity contribution in [2.45, 2.75) is 59.5 Å². The van der Waals surface area contributed by atoms with Crippen LogP contribution in [-0.2, 0) is 4.84 Å². The van der Waals surface area contributed by atoms with E-state index in [0.29, 0.717) is 5.92 Å². The van der Waals surface area contributed by atoms with Gasteiger partial charge >= 0.3 is 0 Å². The van der Waals surface area contributed by atoms with Crippen molar-refractivity contribution >= 4 is 0 Å². The Morgan fingerprint density at radius 2 is 1.91 bits per heavy atom. The quantitative estimate of drug-likeness (QED) is 0.601. The molecule has 0 amide bonds. The molecule has 0 radical (unpaired) electrons. The molecule has 2 rings (SSSR count). The number of rotatable bonds is 8. The van der Waals surface area contributed by atoms with Gasteiger partial charge in [0, 0.05) is 14.1 Å². The van der Waals surface area contributed by atoms with E-state index in [9.17, 15) is 0 Å². The van der Waals surface area contributed by atoms with E-state index in [2.05, 4.69) is 70.1 Å². The zero-order valence-corrected chi connectivity index (χ0v) is 15.8. The fourth-order valence-electron chi connectivity index (χ4n) is 3.27. The van der Waals surface area contributed by atoms with E-state index in [4.69, 9.17) is 4.84 Å². The molecule has 0 heterocycles. The highest BCUT2D eigenvalue weighted by atomic mass is 16.7. The Hall–Kier alpha value is -1.22. The van der Waals surface area contributed by atoms with Crippen molar-refractivity contribution in [3.63, 3.8) is 0 Å². The SMILES string of the molecule is CC1=CCCC=C1N(C/C(C)=C/N(C)C)OC(C)C(C)C1CC1. The molecule has 1 saturated carbocycles. The lowest BCUT2D eigenvalue weighted by molar-refractivity contribution is -0.178. The molecule has 0 aliphatic heterocycles. The van der Waals surface area contributed by atoms with Crippen molar-refractivity contribution in [1.29, 1.82) is 0 Å². The van der Waals surface area contributed by atoms with E-state index in [-0.39, 0.29) is 6.10 Å². The van der Waals surface area contributed by atoms with Gasteiger partial charge in [0.2, 0.25) is 0 Å². The average molecular weight is 319 g/mol. The number of hydrogen-bond donors (Lipinski definition) is 0. The van der Waals surface area contributed by atoms with E-state index < -0.39 is 0 Å². The minimum Gasteiger partial charge on any atom is -0.383 e. The summed E-state index contributed by atoms with van der Waals surface area (Å²) in [5, 5.41) is 2.13. The lowest BCUT2D eigenvalue weighted by Crippen LogP contribution is -2.34. The van der Waals surface area contributed by atoms with Gasteiger partial charge in [0.15, 0.2) is 0 Å². The third kappa shape index (κ3) is 5.42. The minimum atomic E-state index is 0.255. The van der Waals surface area contributed by atoms with Gasteiger partial charge in [-0.1, -0.05) is 19.1 Å². The van der Waals surface area contributed by atoms with E-state index in [1.54, 1.807) is 0 Å². The van der Waals surface area contributed by atoms with Crippen LogP contribution in [0.2, 0.25) is 0 Å². The maximum Gasteiger partial charge on any atom is 0.0856 e. The number of allylic oxidation sites excluding steroid dienone is 3. The van der Waals surface area contributed by atoms with Crippen LogP contribution in [0.1, 0.15) is 53.4 Å². The smallest absolute Gasteiger partial charge is 0.0856 e. The molecule has 0 N–H and O–H groups in total. The molecule has 2 aliphatic rings. The van der Waals surface area contributed by atoms with E-state index in [0.717, 1.165) is 25.3 Å². The first-order valence-electron chi connectivity index (χ1n) is 9.03. The predicted octanol–water partition coefficient (Wildman–Crippen LogP) is 4.74. The Labute approximate surface area is 142 Å². The summed E-state index contributed by atoms with van der Waals surface area (Å²) in [6.45, 7) is 9.75. The molecule has 0 bridgehead atoms. The van der Waals surface area contributed by atoms with Crippen molar-refractivity contribution < 1.29 is 4.84 Å². The second-order valence-electron chi connectivity index (χ2n) is 7.54. The normalized spacial score (nSPS) is 21.4. The second kappa shape index (κ2) is 8.05. The Morgan fingerprint density at radius 3 is 2.48 bits per heavy atom. The summed E-state index contributed by atoms with van der Waals surface area (Å²) in [6, 6.07) is 0. The van der Waals surface area contributed by atoms with Crippen LogP contribution in [0.15, 0.2) is 35.2 Å².